The smallest absolute Gasteiger partial charge is 0.354 e. The fourth-order valence-electron chi connectivity index (χ4n) is 3.04. The van der Waals surface area contributed by atoms with Gasteiger partial charge in [-0.2, -0.15) is 0 Å². The lowest BCUT2D eigenvalue weighted by Gasteiger charge is -2.28. The molecule has 2 N–H and O–H groups in total. The van der Waals surface area contributed by atoms with Gasteiger partial charge >= 0.3 is 12.0 Å². The summed E-state index contributed by atoms with van der Waals surface area (Å²) in [4.78, 5) is 46.2. The van der Waals surface area contributed by atoms with E-state index in [9.17, 15) is 14.4 Å². The normalized spacial score (nSPS) is 11.1. The summed E-state index contributed by atoms with van der Waals surface area (Å²) < 4.78 is 4.76. The summed E-state index contributed by atoms with van der Waals surface area (Å²) >= 11 is 0. The maximum atomic E-state index is 13.1. The lowest BCUT2D eigenvalue weighted by atomic mass is 10.0. The molecular weight excluding hydrogens is 372 g/mol. The molecule has 0 fully saturated rings. The minimum atomic E-state index is -0.539. The molecule has 0 spiro atoms. The van der Waals surface area contributed by atoms with Crippen LogP contribution in [0.3, 0.4) is 0 Å². The van der Waals surface area contributed by atoms with Gasteiger partial charge in [0.25, 0.3) is 0 Å². The van der Waals surface area contributed by atoms with Gasteiger partial charge in [-0.1, -0.05) is 6.07 Å². The van der Waals surface area contributed by atoms with E-state index in [1.807, 2.05) is 26.8 Å². The lowest BCUT2D eigenvalue weighted by molar-refractivity contribution is 0.0593. The van der Waals surface area contributed by atoms with Crippen LogP contribution in [0.15, 0.2) is 24.5 Å². The SMILES string of the molecule is COC(=O)c1[nH]c(C)c(C(=O)CN(Cc2cccnc2)C(=O)NC(C)(C)C)c1C. The number of esters is 1. The van der Waals surface area contributed by atoms with Crippen LogP contribution < -0.4 is 5.32 Å². The molecule has 0 saturated carbocycles. The van der Waals surface area contributed by atoms with E-state index in [2.05, 4.69) is 15.3 Å². The van der Waals surface area contributed by atoms with Crippen LogP contribution in [0.25, 0.3) is 0 Å². The summed E-state index contributed by atoms with van der Waals surface area (Å²) in [5.74, 6) is -0.804. The monoisotopic (exact) mass is 400 g/mol. The highest BCUT2D eigenvalue weighted by molar-refractivity contribution is 6.04. The average molecular weight is 400 g/mol. The van der Waals surface area contributed by atoms with E-state index in [0.29, 0.717) is 16.8 Å². The van der Waals surface area contributed by atoms with Gasteiger partial charge in [-0.15, -0.1) is 0 Å². The molecule has 8 nitrogen and oxygen atoms in total. The van der Waals surface area contributed by atoms with Crippen molar-refractivity contribution in [3.63, 3.8) is 0 Å². The van der Waals surface area contributed by atoms with Crippen LogP contribution in [0.4, 0.5) is 4.79 Å². The Balaban J connectivity index is 2.30. The summed E-state index contributed by atoms with van der Waals surface area (Å²) in [5, 5.41) is 2.89. The number of ether oxygens (including phenoxy) is 1. The zero-order valence-corrected chi connectivity index (χ0v) is 17.8. The van der Waals surface area contributed by atoms with Crippen molar-refractivity contribution in [1.82, 2.24) is 20.2 Å². The zero-order chi connectivity index (χ0) is 21.8. The van der Waals surface area contributed by atoms with Gasteiger partial charge in [0.2, 0.25) is 0 Å². The summed E-state index contributed by atoms with van der Waals surface area (Å²) in [5.41, 5.74) is 2.06. The molecule has 0 aliphatic heterocycles. The first-order valence-corrected chi connectivity index (χ1v) is 9.30. The Labute approximate surface area is 170 Å². The molecule has 156 valence electrons. The Kier molecular flexibility index (Phi) is 6.79. The molecule has 0 bridgehead atoms. The van der Waals surface area contributed by atoms with Crippen molar-refractivity contribution in [2.75, 3.05) is 13.7 Å². The number of carbonyl (C=O) groups is 3. The van der Waals surface area contributed by atoms with Crippen LogP contribution in [0.2, 0.25) is 0 Å². The molecule has 8 heteroatoms. The number of methoxy groups -OCH3 is 1. The Hall–Kier alpha value is -3.16. The summed E-state index contributed by atoms with van der Waals surface area (Å²) in [7, 11) is 1.28. The number of nitrogens with one attached hydrogen (secondary N) is 2. The van der Waals surface area contributed by atoms with Gasteiger partial charge in [-0.3, -0.25) is 9.78 Å². The number of aromatic amines is 1. The molecule has 2 heterocycles. The lowest BCUT2D eigenvalue weighted by Crippen LogP contribution is -2.49. The van der Waals surface area contributed by atoms with Crippen molar-refractivity contribution in [2.45, 2.75) is 46.7 Å². The molecule has 2 rings (SSSR count). The average Bonchev–Trinajstić information content (AvgIpc) is 2.94. The van der Waals surface area contributed by atoms with Crippen molar-refractivity contribution in [2.24, 2.45) is 0 Å². The number of hydrogen-bond acceptors (Lipinski definition) is 5. The largest absolute Gasteiger partial charge is 0.464 e. The van der Waals surface area contributed by atoms with E-state index in [1.165, 1.54) is 12.0 Å². The second-order valence-corrected chi connectivity index (χ2v) is 7.94. The maximum absolute atomic E-state index is 13.1. The third-order valence-electron chi connectivity index (χ3n) is 4.31. The van der Waals surface area contributed by atoms with Crippen LogP contribution >= 0.6 is 0 Å². The number of nitrogens with zero attached hydrogens (tertiary/aromatic N) is 2. The highest BCUT2D eigenvalue weighted by Gasteiger charge is 2.27. The van der Waals surface area contributed by atoms with E-state index in [4.69, 9.17) is 4.74 Å². The Bertz CT molecular complexity index is 897. The molecule has 0 unspecified atom stereocenters. The van der Waals surface area contributed by atoms with Crippen molar-refractivity contribution < 1.29 is 19.1 Å². The second-order valence-electron chi connectivity index (χ2n) is 7.94. The molecule has 29 heavy (non-hydrogen) atoms. The standard InChI is InChI=1S/C21H28N4O4/c1-13-17(14(2)23-18(13)19(27)29-6)16(26)12-25(20(28)24-21(3,4)5)11-15-8-7-9-22-10-15/h7-10,23H,11-12H2,1-6H3,(H,24,28). The predicted octanol–water partition coefficient (Wildman–Crippen LogP) is 3.01. The molecule has 0 radical (unpaired) electrons. The van der Waals surface area contributed by atoms with Crippen LogP contribution in [-0.4, -0.2) is 51.8 Å². The fraction of sp³-hybridized carbons (Fsp3) is 0.429. The molecule has 2 aromatic heterocycles. The Morgan fingerprint density at radius 3 is 2.48 bits per heavy atom. The third kappa shape index (κ3) is 5.66. The number of rotatable bonds is 6. The molecule has 0 saturated heterocycles. The van der Waals surface area contributed by atoms with Crippen LogP contribution in [0.5, 0.6) is 0 Å². The van der Waals surface area contributed by atoms with Crippen LogP contribution in [0.1, 0.15) is 58.4 Å². The van der Waals surface area contributed by atoms with E-state index in [1.54, 1.807) is 32.3 Å². The number of aryl methyl sites for hydroxylation is 1. The first-order chi connectivity index (χ1) is 13.5. The van der Waals surface area contributed by atoms with E-state index in [0.717, 1.165) is 5.56 Å². The molecule has 0 aliphatic rings. The minimum absolute atomic E-state index is 0.142. The Morgan fingerprint density at radius 1 is 1.24 bits per heavy atom. The predicted molar refractivity (Wildman–Crippen MR) is 109 cm³/mol. The Morgan fingerprint density at radius 2 is 1.93 bits per heavy atom. The number of H-pyrrole nitrogens is 1. The molecule has 0 aliphatic carbocycles. The maximum Gasteiger partial charge on any atom is 0.354 e. The van der Waals surface area contributed by atoms with Gasteiger partial charge in [-0.25, -0.2) is 9.59 Å². The van der Waals surface area contributed by atoms with E-state index in [-0.39, 0.29) is 30.6 Å². The summed E-state index contributed by atoms with van der Waals surface area (Å²) in [6, 6.07) is 3.27. The third-order valence-corrected chi connectivity index (χ3v) is 4.31. The number of aromatic nitrogens is 2. The van der Waals surface area contributed by atoms with Gasteiger partial charge < -0.3 is 19.9 Å². The number of urea groups is 1. The molecule has 2 aromatic rings. The van der Waals surface area contributed by atoms with Gasteiger partial charge in [-0.05, 0) is 51.8 Å². The number of amides is 2. The second kappa shape index (κ2) is 8.89. The first kappa shape index (κ1) is 22.1. The first-order valence-electron chi connectivity index (χ1n) is 9.30. The highest BCUT2D eigenvalue weighted by Crippen LogP contribution is 2.20. The van der Waals surface area contributed by atoms with Crippen molar-refractivity contribution in [3.8, 4) is 0 Å². The molecular formula is C21H28N4O4. The number of Topliss-reactive ketones (excluding diaryl/α,β-unsaturated/α-hetero) is 1. The highest BCUT2D eigenvalue weighted by atomic mass is 16.5. The number of carbonyl (C=O) groups excluding carboxylic acids is 3. The topological polar surface area (TPSA) is 104 Å². The van der Waals surface area contributed by atoms with Crippen molar-refractivity contribution in [1.29, 1.82) is 0 Å². The summed E-state index contributed by atoms with van der Waals surface area (Å²) in [6.45, 7) is 9.11. The molecule has 0 aromatic carbocycles. The fourth-order valence-corrected chi connectivity index (χ4v) is 3.04. The van der Waals surface area contributed by atoms with Gasteiger partial charge in [0.1, 0.15) is 5.69 Å². The van der Waals surface area contributed by atoms with Gasteiger partial charge in [0.05, 0.1) is 13.7 Å². The quantitative estimate of drug-likeness (QED) is 0.573. The van der Waals surface area contributed by atoms with Crippen LogP contribution in [-0.2, 0) is 11.3 Å². The van der Waals surface area contributed by atoms with E-state index < -0.39 is 11.5 Å². The number of hydrogen-bond donors (Lipinski definition) is 2. The van der Waals surface area contributed by atoms with Gasteiger partial charge in [0.15, 0.2) is 5.78 Å². The van der Waals surface area contributed by atoms with Crippen molar-refractivity contribution in [3.05, 3.63) is 52.6 Å². The zero-order valence-electron chi connectivity index (χ0n) is 17.8. The van der Waals surface area contributed by atoms with Crippen molar-refractivity contribution >= 4 is 17.8 Å². The molecule has 0 atom stereocenters. The number of ketones is 1. The minimum Gasteiger partial charge on any atom is -0.464 e. The van der Waals surface area contributed by atoms with E-state index >= 15 is 0 Å². The molecule has 2 amide bonds. The van der Waals surface area contributed by atoms with Gasteiger partial charge in [0, 0.05) is 35.7 Å². The summed E-state index contributed by atoms with van der Waals surface area (Å²) in [6.07, 6.45) is 3.30. The number of pyridine rings is 1. The van der Waals surface area contributed by atoms with Crippen LogP contribution in [0, 0.1) is 13.8 Å².